The molecule has 7 nitrogen and oxygen atoms in total. The molecule has 0 aliphatic carbocycles. The van der Waals surface area contributed by atoms with Gasteiger partial charge in [-0.15, -0.1) is 10.2 Å². The van der Waals surface area contributed by atoms with Gasteiger partial charge >= 0.3 is 5.97 Å². The Hall–Kier alpha value is -3.22. The zero-order chi connectivity index (χ0) is 18.0. The van der Waals surface area contributed by atoms with Crippen LogP contribution >= 0.6 is 0 Å². The monoisotopic (exact) mass is 338 g/mol. The summed E-state index contributed by atoms with van der Waals surface area (Å²) in [6, 6.07) is 8.76. The van der Waals surface area contributed by atoms with Crippen molar-refractivity contribution in [3.8, 4) is 5.75 Å². The van der Waals surface area contributed by atoms with Crippen LogP contribution in [0.5, 0.6) is 5.75 Å². The highest BCUT2D eigenvalue weighted by Gasteiger charge is 2.21. The molecule has 0 amide bonds. The first-order chi connectivity index (χ1) is 12.0. The first kappa shape index (κ1) is 16.6. The fraction of sp³-hybridized carbons (Fsp3) is 0.222. The maximum atomic E-state index is 12.2. The van der Waals surface area contributed by atoms with E-state index < -0.39 is 5.97 Å². The Kier molecular flexibility index (Phi) is 4.47. The summed E-state index contributed by atoms with van der Waals surface area (Å²) in [4.78, 5) is 16.6. The van der Waals surface area contributed by atoms with Crippen LogP contribution in [-0.4, -0.2) is 27.1 Å². The van der Waals surface area contributed by atoms with Crippen LogP contribution < -0.4 is 0 Å². The summed E-state index contributed by atoms with van der Waals surface area (Å²) in [5.74, 6) is -0.289. The molecule has 2 heterocycles. The smallest absolute Gasteiger partial charge is 0.360 e. The van der Waals surface area contributed by atoms with Crippen LogP contribution in [-0.2, 0) is 4.74 Å². The minimum atomic E-state index is -0.562. The van der Waals surface area contributed by atoms with Crippen molar-refractivity contribution < 1.29 is 14.6 Å². The summed E-state index contributed by atoms with van der Waals surface area (Å²) in [6.07, 6.45) is 1.75. The minimum absolute atomic E-state index is 0.0111. The topological polar surface area (TPSA) is 88.5 Å². The van der Waals surface area contributed by atoms with E-state index in [1.54, 1.807) is 35.7 Å². The van der Waals surface area contributed by atoms with Crippen molar-refractivity contribution in [1.82, 2.24) is 9.38 Å². The Balaban J connectivity index is 2.14. The molecule has 0 atom stereocenters. The van der Waals surface area contributed by atoms with Gasteiger partial charge in [0.15, 0.2) is 11.5 Å². The molecular weight excluding hydrogens is 320 g/mol. The molecule has 0 radical (unpaired) electrons. The quantitative estimate of drug-likeness (QED) is 0.569. The summed E-state index contributed by atoms with van der Waals surface area (Å²) in [6.45, 7) is 5.75. The Morgan fingerprint density at radius 2 is 2.08 bits per heavy atom. The molecule has 7 heteroatoms. The number of fused-ring (bicyclic) bond motifs is 1. The molecule has 0 aliphatic heterocycles. The first-order valence-corrected chi connectivity index (χ1v) is 7.87. The second-order valence-electron chi connectivity index (χ2n) is 5.58. The third kappa shape index (κ3) is 3.21. The van der Waals surface area contributed by atoms with Crippen molar-refractivity contribution >= 4 is 23.1 Å². The van der Waals surface area contributed by atoms with E-state index in [0.717, 1.165) is 11.1 Å². The van der Waals surface area contributed by atoms with E-state index in [1.807, 2.05) is 26.0 Å². The van der Waals surface area contributed by atoms with Crippen LogP contribution in [0.1, 0.15) is 28.5 Å². The molecule has 0 spiro atoms. The van der Waals surface area contributed by atoms with Gasteiger partial charge in [-0.1, -0.05) is 12.1 Å². The zero-order valence-corrected chi connectivity index (χ0v) is 14.2. The molecule has 0 fully saturated rings. The molecule has 0 aliphatic rings. The number of pyridine rings is 1. The number of aryl methyl sites for hydroxylation is 2. The van der Waals surface area contributed by atoms with E-state index in [2.05, 4.69) is 15.2 Å². The number of carbonyl (C=O) groups is 1. The van der Waals surface area contributed by atoms with Crippen molar-refractivity contribution in [3.63, 3.8) is 0 Å². The Labute approximate surface area is 144 Å². The van der Waals surface area contributed by atoms with Gasteiger partial charge in [-0.3, -0.25) is 4.40 Å². The molecule has 25 heavy (non-hydrogen) atoms. The maximum absolute atomic E-state index is 12.2. The fourth-order valence-electron chi connectivity index (χ4n) is 2.44. The number of hydrogen-bond acceptors (Lipinski definition) is 6. The molecule has 0 unspecified atom stereocenters. The lowest BCUT2D eigenvalue weighted by molar-refractivity contribution is 0.0521. The number of imidazole rings is 1. The molecular formula is C18H18N4O3. The van der Waals surface area contributed by atoms with E-state index in [4.69, 9.17) is 4.74 Å². The molecule has 1 aromatic carbocycles. The maximum Gasteiger partial charge on any atom is 0.360 e. The average Bonchev–Trinajstić information content (AvgIpc) is 2.96. The number of aromatic nitrogens is 2. The lowest BCUT2D eigenvalue weighted by Crippen LogP contribution is -2.05. The van der Waals surface area contributed by atoms with Gasteiger partial charge in [0, 0.05) is 6.20 Å². The Morgan fingerprint density at radius 1 is 1.28 bits per heavy atom. The third-order valence-corrected chi connectivity index (χ3v) is 3.67. The molecule has 0 bridgehead atoms. The molecule has 3 rings (SSSR count). The number of nitrogens with zero attached hydrogens (tertiary/aromatic N) is 4. The van der Waals surface area contributed by atoms with Crippen LogP contribution in [0.3, 0.4) is 0 Å². The SMILES string of the molecule is CCOC(=O)c1nc2c(C)cccn2c1N=Nc1cc(C)ccc1O. The largest absolute Gasteiger partial charge is 0.506 e. The summed E-state index contributed by atoms with van der Waals surface area (Å²) in [5.41, 5.74) is 2.84. The number of carbonyl (C=O) groups excluding carboxylic acids is 1. The predicted molar refractivity (Wildman–Crippen MR) is 92.9 cm³/mol. The summed E-state index contributed by atoms with van der Waals surface area (Å²) < 4.78 is 6.75. The number of aromatic hydroxyl groups is 1. The van der Waals surface area contributed by atoms with Gasteiger partial charge in [-0.2, -0.15) is 0 Å². The lowest BCUT2D eigenvalue weighted by Gasteiger charge is -2.01. The first-order valence-electron chi connectivity index (χ1n) is 7.87. The van der Waals surface area contributed by atoms with Gasteiger partial charge in [0.05, 0.1) is 6.61 Å². The number of rotatable bonds is 4. The van der Waals surface area contributed by atoms with Crippen molar-refractivity contribution in [2.75, 3.05) is 6.61 Å². The van der Waals surface area contributed by atoms with Gasteiger partial charge in [0.1, 0.15) is 17.1 Å². The highest BCUT2D eigenvalue weighted by atomic mass is 16.5. The molecule has 2 aromatic heterocycles. The van der Waals surface area contributed by atoms with Gasteiger partial charge in [-0.25, -0.2) is 9.78 Å². The van der Waals surface area contributed by atoms with Gasteiger partial charge in [-0.05, 0) is 50.1 Å². The summed E-state index contributed by atoms with van der Waals surface area (Å²) in [5, 5.41) is 18.2. The number of benzene rings is 1. The highest BCUT2D eigenvalue weighted by molar-refractivity contribution is 5.93. The Bertz CT molecular complexity index is 976. The fourth-order valence-corrected chi connectivity index (χ4v) is 2.44. The van der Waals surface area contributed by atoms with E-state index in [0.29, 0.717) is 11.3 Å². The van der Waals surface area contributed by atoms with Crippen LogP contribution in [0.2, 0.25) is 0 Å². The molecule has 1 N–H and O–H groups in total. The third-order valence-electron chi connectivity index (χ3n) is 3.67. The second kappa shape index (κ2) is 6.72. The zero-order valence-electron chi connectivity index (χ0n) is 14.2. The normalized spacial score (nSPS) is 11.3. The summed E-state index contributed by atoms with van der Waals surface area (Å²) >= 11 is 0. The van der Waals surface area contributed by atoms with Crippen molar-refractivity contribution in [1.29, 1.82) is 0 Å². The van der Waals surface area contributed by atoms with Crippen LogP contribution in [0.25, 0.3) is 5.65 Å². The number of azo groups is 1. The van der Waals surface area contributed by atoms with Crippen molar-refractivity contribution in [2.45, 2.75) is 20.8 Å². The predicted octanol–water partition coefficient (Wildman–Crippen LogP) is 4.25. The molecule has 3 aromatic rings. The van der Waals surface area contributed by atoms with Crippen LogP contribution in [0.4, 0.5) is 11.5 Å². The molecule has 128 valence electrons. The second-order valence-corrected chi connectivity index (χ2v) is 5.58. The van der Waals surface area contributed by atoms with Crippen molar-refractivity contribution in [3.05, 3.63) is 53.3 Å². The number of hydrogen-bond donors (Lipinski definition) is 1. The number of esters is 1. The Morgan fingerprint density at radius 3 is 2.84 bits per heavy atom. The van der Waals surface area contributed by atoms with Crippen LogP contribution in [0, 0.1) is 13.8 Å². The minimum Gasteiger partial charge on any atom is -0.506 e. The van der Waals surface area contributed by atoms with E-state index in [1.165, 1.54) is 0 Å². The van der Waals surface area contributed by atoms with Gasteiger partial charge < -0.3 is 9.84 Å². The molecule has 0 saturated heterocycles. The summed E-state index contributed by atoms with van der Waals surface area (Å²) in [7, 11) is 0. The standard InChI is InChI=1S/C18H18N4O3/c1-4-25-18(24)15-17(22-9-5-6-12(3)16(22)19-15)21-20-13-10-11(2)7-8-14(13)23/h5-10,23H,4H2,1-3H3. The molecule has 0 saturated carbocycles. The lowest BCUT2D eigenvalue weighted by atomic mass is 10.2. The van der Waals surface area contributed by atoms with Crippen LogP contribution in [0.15, 0.2) is 46.8 Å². The van der Waals surface area contributed by atoms with E-state index >= 15 is 0 Å². The van der Waals surface area contributed by atoms with Gasteiger partial charge in [0.2, 0.25) is 0 Å². The number of ether oxygens (including phenoxy) is 1. The van der Waals surface area contributed by atoms with Gasteiger partial charge in [0.25, 0.3) is 0 Å². The number of phenols is 1. The average molecular weight is 338 g/mol. The van der Waals surface area contributed by atoms with Crippen molar-refractivity contribution in [2.24, 2.45) is 10.2 Å². The van der Waals surface area contributed by atoms with E-state index in [9.17, 15) is 9.90 Å². The van der Waals surface area contributed by atoms with E-state index in [-0.39, 0.29) is 23.9 Å². The highest BCUT2D eigenvalue weighted by Crippen LogP contribution is 2.31. The number of phenolic OH excluding ortho intramolecular Hbond substituents is 1.